The Hall–Kier alpha value is -0.590. The fraction of sp³-hybridized carbons (Fsp3) is 0.923. The number of nitriles is 1. The summed E-state index contributed by atoms with van der Waals surface area (Å²) in [6.07, 6.45) is 2.44. The number of rotatable bonds is 5. The van der Waals surface area contributed by atoms with Crippen molar-refractivity contribution >= 4 is 0 Å². The molecule has 0 spiro atoms. The maximum Gasteiger partial charge on any atom is 0.116 e. The molecule has 0 saturated heterocycles. The molecule has 1 aliphatic carbocycles. The van der Waals surface area contributed by atoms with Crippen molar-refractivity contribution in [1.29, 1.82) is 5.26 Å². The molecule has 1 fully saturated rings. The van der Waals surface area contributed by atoms with Crippen LogP contribution in [0.4, 0.5) is 0 Å². The van der Waals surface area contributed by atoms with E-state index >= 15 is 0 Å². The highest BCUT2D eigenvalue weighted by atomic mass is 15.2. The first-order chi connectivity index (χ1) is 7.24. The Morgan fingerprint density at radius 3 is 2.19 bits per heavy atom. The quantitative estimate of drug-likeness (QED) is 0.775. The summed E-state index contributed by atoms with van der Waals surface area (Å²) >= 11 is 0. The second-order valence-corrected chi connectivity index (χ2v) is 6.60. The second kappa shape index (κ2) is 4.73. The summed E-state index contributed by atoms with van der Waals surface area (Å²) in [6, 6.07) is 2.99. The van der Waals surface area contributed by atoms with E-state index in [1.807, 2.05) is 6.92 Å². The Morgan fingerprint density at radius 2 is 1.81 bits per heavy atom. The third-order valence-corrected chi connectivity index (χ3v) is 2.68. The van der Waals surface area contributed by atoms with Gasteiger partial charge in [0.2, 0.25) is 0 Å². The number of likely N-dealkylation sites (N-methyl/N-ethyl adjacent to an activating group) is 1. The van der Waals surface area contributed by atoms with E-state index in [9.17, 15) is 5.26 Å². The lowest BCUT2D eigenvalue weighted by Crippen LogP contribution is -2.51. The molecular weight excluding hydrogens is 198 g/mol. The van der Waals surface area contributed by atoms with Crippen molar-refractivity contribution in [3.05, 3.63) is 0 Å². The highest BCUT2D eigenvalue weighted by Crippen LogP contribution is 2.23. The first-order valence-corrected chi connectivity index (χ1v) is 6.12. The average molecular weight is 223 g/mol. The maximum absolute atomic E-state index is 9.27. The zero-order chi connectivity index (χ0) is 12.4. The van der Waals surface area contributed by atoms with Crippen LogP contribution in [0.3, 0.4) is 0 Å². The molecule has 1 N–H and O–H groups in total. The minimum Gasteiger partial charge on any atom is -0.303 e. The van der Waals surface area contributed by atoms with Crippen LogP contribution in [0.15, 0.2) is 0 Å². The lowest BCUT2D eigenvalue weighted by molar-refractivity contribution is 0.192. The Balaban J connectivity index is 2.45. The van der Waals surface area contributed by atoms with Crippen LogP contribution in [0.5, 0.6) is 0 Å². The largest absolute Gasteiger partial charge is 0.303 e. The van der Waals surface area contributed by atoms with E-state index in [4.69, 9.17) is 0 Å². The van der Waals surface area contributed by atoms with Crippen molar-refractivity contribution in [2.24, 2.45) is 5.41 Å². The summed E-state index contributed by atoms with van der Waals surface area (Å²) in [5.74, 6) is 0. The molecule has 1 aliphatic rings. The minimum absolute atomic E-state index is 0.282. The molecule has 0 amide bonds. The van der Waals surface area contributed by atoms with Crippen LogP contribution in [-0.4, -0.2) is 36.6 Å². The zero-order valence-electron chi connectivity index (χ0n) is 11.3. The summed E-state index contributed by atoms with van der Waals surface area (Å²) < 4.78 is 0. The van der Waals surface area contributed by atoms with Gasteiger partial charge in [-0.1, -0.05) is 20.8 Å². The highest BCUT2D eigenvalue weighted by molar-refractivity contribution is 5.08. The van der Waals surface area contributed by atoms with Gasteiger partial charge in [0.25, 0.3) is 0 Å². The monoisotopic (exact) mass is 223 g/mol. The van der Waals surface area contributed by atoms with Gasteiger partial charge in [0, 0.05) is 19.1 Å². The van der Waals surface area contributed by atoms with Crippen molar-refractivity contribution in [2.75, 3.05) is 20.1 Å². The van der Waals surface area contributed by atoms with Gasteiger partial charge in [0.15, 0.2) is 0 Å². The molecule has 16 heavy (non-hydrogen) atoms. The van der Waals surface area contributed by atoms with Gasteiger partial charge in [-0.25, -0.2) is 0 Å². The molecule has 1 saturated carbocycles. The molecule has 3 nitrogen and oxygen atoms in total. The molecule has 0 bridgehead atoms. The topological polar surface area (TPSA) is 39.1 Å². The predicted octanol–water partition coefficient (Wildman–Crippen LogP) is 2.00. The van der Waals surface area contributed by atoms with Crippen molar-refractivity contribution < 1.29 is 0 Å². The summed E-state index contributed by atoms with van der Waals surface area (Å²) in [6.45, 7) is 10.5. The van der Waals surface area contributed by atoms with E-state index in [2.05, 4.69) is 44.1 Å². The molecule has 3 heteroatoms. The summed E-state index contributed by atoms with van der Waals surface area (Å²) in [5.41, 5.74) is -0.119. The van der Waals surface area contributed by atoms with Crippen LogP contribution >= 0.6 is 0 Å². The Morgan fingerprint density at radius 1 is 1.25 bits per heavy atom. The number of nitrogens with zero attached hydrogens (tertiary/aromatic N) is 2. The second-order valence-electron chi connectivity index (χ2n) is 6.60. The van der Waals surface area contributed by atoms with Gasteiger partial charge >= 0.3 is 0 Å². The van der Waals surface area contributed by atoms with E-state index in [1.165, 1.54) is 12.8 Å². The average Bonchev–Trinajstić information content (AvgIpc) is 2.84. The standard InChI is InChI=1S/C13H25N3/c1-12(2,3)9-16(5)10-13(4,8-14)15-11-6-7-11/h11,15H,6-7,9-10H2,1-5H3. The van der Waals surface area contributed by atoms with Crippen LogP contribution in [-0.2, 0) is 0 Å². The summed E-state index contributed by atoms with van der Waals surface area (Å²) in [4.78, 5) is 2.25. The first-order valence-electron chi connectivity index (χ1n) is 6.12. The SMILES string of the molecule is CN(CC(C)(C)C)CC(C)(C#N)NC1CC1. The van der Waals surface area contributed by atoms with Crippen LogP contribution in [0.2, 0.25) is 0 Å². The molecule has 0 aromatic heterocycles. The van der Waals surface area contributed by atoms with Crippen LogP contribution in [0.25, 0.3) is 0 Å². The molecule has 1 unspecified atom stereocenters. The lowest BCUT2D eigenvalue weighted by atomic mass is 9.95. The molecule has 0 aromatic carbocycles. The van der Waals surface area contributed by atoms with Gasteiger partial charge in [-0.15, -0.1) is 0 Å². The van der Waals surface area contributed by atoms with Gasteiger partial charge in [-0.3, -0.25) is 5.32 Å². The Labute approximate surface area is 99.8 Å². The molecule has 0 radical (unpaired) electrons. The predicted molar refractivity (Wildman–Crippen MR) is 67.1 cm³/mol. The molecule has 0 heterocycles. The van der Waals surface area contributed by atoms with E-state index in [1.54, 1.807) is 0 Å². The van der Waals surface area contributed by atoms with Gasteiger partial charge in [-0.2, -0.15) is 5.26 Å². The molecular formula is C13H25N3. The molecule has 92 valence electrons. The van der Waals surface area contributed by atoms with E-state index in [0.29, 0.717) is 6.04 Å². The van der Waals surface area contributed by atoms with E-state index in [0.717, 1.165) is 13.1 Å². The smallest absolute Gasteiger partial charge is 0.116 e. The minimum atomic E-state index is -0.402. The van der Waals surface area contributed by atoms with Gasteiger partial charge < -0.3 is 4.90 Å². The first kappa shape index (κ1) is 13.5. The maximum atomic E-state index is 9.27. The summed E-state index contributed by atoms with van der Waals surface area (Å²) in [5, 5.41) is 12.7. The Bertz CT molecular complexity index is 270. The van der Waals surface area contributed by atoms with Gasteiger partial charge in [-0.05, 0) is 32.2 Å². The lowest BCUT2D eigenvalue weighted by Gasteiger charge is -2.32. The third kappa shape index (κ3) is 4.96. The van der Waals surface area contributed by atoms with Crippen molar-refractivity contribution in [1.82, 2.24) is 10.2 Å². The summed E-state index contributed by atoms with van der Waals surface area (Å²) in [7, 11) is 2.09. The third-order valence-electron chi connectivity index (χ3n) is 2.68. The zero-order valence-corrected chi connectivity index (χ0v) is 11.3. The van der Waals surface area contributed by atoms with Crippen LogP contribution < -0.4 is 5.32 Å². The molecule has 0 aliphatic heterocycles. The van der Waals surface area contributed by atoms with Gasteiger partial charge in [0.05, 0.1) is 6.07 Å². The fourth-order valence-corrected chi connectivity index (χ4v) is 2.20. The fourth-order valence-electron chi connectivity index (χ4n) is 2.20. The molecule has 1 rings (SSSR count). The highest BCUT2D eigenvalue weighted by Gasteiger charge is 2.33. The molecule has 1 atom stereocenters. The van der Waals surface area contributed by atoms with E-state index < -0.39 is 5.54 Å². The van der Waals surface area contributed by atoms with Crippen LogP contribution in [0.1, 0.15) is 40.5 Å². The number of nitrogens with one attached hydrogen (secondary N) is 1. The number of hydrogen-bond acceptors (Lipinski definition) is 3. The normalized spacial score (nSPS) is 20.6. The van der Waals surface area contributed by atoms with E-state index in [-0.39, 0.29) is 5.41 Å². The van der Waals surface area contributed by atoms with Gasteiger partial charge in [0.1, 0.15) is 5.54 Å². The Kier molecular flexibility index (Phi) is 3.98. The van der Waals surface area contributed by atoms with Crippen LogP contribution in [0, 0.1) is 16.7 Å². The van der Waals surface area contributed by atoms with Crippen molar-refractivity contribution in [3.63, 3.8) is 0 Å². The van der Waals surface area contributed by atoms with Crippen molar-refractivity contribution in [2.45, 2.75) is 52.1 Å². The number of hydrogen-bond donors (Lipinski definition) is 1. The molecule has 0 aromatic rings. The van der Waals surface area contributed by atoms with Crippen molar-refractivity contribution in [3.8, 4) is 6.07 Å².